The lowest BCUT2D eigenvalue weighted by Crippen LogP contribution is -2.31. The monoisotopic (exact) mass is 308 g/mol. The van der Waals surface area contributed by atoms with E-state index in [0.717, 1.165) is 31.4 Å². The van der Waals surface area contributed by atoms with Crippen LogP contribution in [0, 0.1) is 0 Å². The Kier molecular flexibility index (Phi) is 3.41. The molecule has 2 heterocycles. The van der Waals surface area contributed by atoms with Gasteiger partial charge in [-0.25, -0.2) is 13.4 Å². The molecule has 0 saturated carbocycles. The average Bonchev–Trinajstić information content (AvgIpc) is 2.74. The van der Waals surface area contributed by atoms with Crippen LogP contribution in [0.4, 0.5) is 5.95 Å². The van der Waals surface area contributed by atoms with Crippen molar-refractivity contribution in [2.24, 2.45) is 0 Å². The number of hydrogen-bond acceptors (Lipinski definition) is 5. The van der Waals surface area contributed by atoms with Gasteiger partial charge in [-0.1, -0.05) is 6.07 Å². The molecule has 0 bridgehead atoms. The number of aromatic nitrogens is 2. The van der Waals surface area contributed by atoms with Gasteiger partial charge < -0.3 is 15.2 Å². The molecule has 0 aliphatic carbocycles. The molecule has 6 nitrogen and oxygen atoms in total. The van der Waals surface area contributed by atoms with Gasteiger partial charge in [0.2, 0.25) is 5.95 Å². The highest BCUT2D eigenvalue weighted by Crippen LogP contribution is 2.32. The van der Waals surface area contributed by atoms with E-state index in [9.17, 15) is 8.42 Å². The second-order valence-corrected chi connectivity index (χ2v) is 7.75. The molecule has 0 atom stereocenters. The number of benzene rings is 1. The molecule has 0 unspecified atom stereocenters. The van der Waals surface area contributed by atoms with Crippen molar-refractivity contribution in [3.8, 4) is 0 Å². The maximum absolute atomic E-state index is 11.9. The van der Waals surface area contributed by atoms with E-state index in [2.05, 4.69) is 16.9 Å². The third-order valence-corrected chi connectivity index (χ3v) is 5.29. The highest BCUT2D eigenvalue weighted by atomic mass is 32.2. The number of imidazole rings is 1. The summed E-state index contributed by atoms with van der Waals surface area (Å²) < 4.78 is 25.8. The summed E-state index contributed by atoms with van der Waals surface area (Å²) in [6, 6.07) is 5.51. The predicted molar refractivity (Wildman–Crippen MR) is 83.0 cm³/mol. The van der Waals surface area contributed by atoms with Crippen molar-refractivity contribution < 1.29 is 8.42 Å². The van der Waals surface area contributed by atoms with Gasteiger partial charge in [0.15, 0.2) is 9.84 Å². The van der Waals surface area contributed by atoms with Gasteiger partial charge in [0.25, 0.3) is 0 Å². The molecule has 0 radical (unpaired) electrons. The summed E-state index contributed by atoms with van der Waals surface area (Å²) in [6.07, 6.45) is 3.19. The molecule has 3 rings (SSSR count). The van der Waals surface area contributed by atoms with E-state index in [1.54, 1.807) is 12.1 Å². The number of nitrogen functional groups attached to an aromatic ring is 1. The van der Waals surface area contributed by atoms with Crippen LogP contribution >= 0.6 is 0 Å². The van der Waals surface area contributed by atoms with E-state index in [1.807, 2.05) is 10.6 Å². The van der Waals surface area contributed by atoms with Crippen LogP contribution in [0.25, 0.3) is 11.0 Å². The van der Waals surface area contributed by atoms with E-state index < -0.39 is 9.84 Å². The Labute approximate surface area is 124 Å². The number of sulfone groups is 1. The Hall–Kier alpha value is -1.60. The van der Waals surface area contributed by atoms with Gasteiger partial charge in [0.05, 0.1) is 10.4 Å². The molecule has 1 aliphatic heterocycles. The maximum atomic E-state index is 11.9. The Morgan fingerprint density at radius 3 is 2.57 bits per heavy atom. The van der Waals surface area contributed by atoms with Gasteiger partial charge in [-0.3, -0.25) is 0 Å². The lowest BCUT2D eigenvalue weighted by Gasteiger charge is -2.30. The third kappa shape index (κ3) is 2.51. The number of piperidine rings is 1. The van der Waals surface area contributed by atoms with E-state index >= 15 is 0 Å². The van der Waals surface area contributed by atoms with Gasteiger partial charge in [0.1, 0.15) is 5.52 Å². The lowest BCUT2D eigenvalue weighted by molar-refractivity contribution is 0.225. The molecule has 0 spiro atoms. The fourth-order valence-electron chi connectivity index (χ4n) is 3.05. The minimum atomic E-state index is -3.31. The largest absolute Gasteiger partial charge is 0.369 e. The molecule has 1 aromatic heterocycles. The number of nitrogens with two attached hydrogens (primary N) is 1. The molecule has 2 N–H and O–H groups in total. The van der Waals surface area contributed by atoms with E-state index in [-0.39, 0.29) is 10.9 Å². The fraction of sp³-hybridized carbons (Fsp3) is 0.500. The second kappa shape index (κ2) is 4.99. The fourth-order valence-corrected chi connectivity index (χ4v) is 3.87. The smallest absolute Gasteiger partial charge is 0.201 e. The zero-order chi connectivity index (χ0) is 15.2. The Bertz CT molecular complexity index is 774. The zero-order valence-electron chi connectivity index (χ0n) is 12.3. The van der Waals surface area contributed by atoms with Crippen LogP contribution in [-0.2, 0) is 9.84 Å². The SMILES string of the molecule is CN1CCC(n2c(N)nc3c(S(C)(=O)=O)cccc32)CC1. The van der Waals surface area contributed by atoms with Crippen LogP contribution < -0.4 is 5.73 Å². The number of rotatable bonds is 2. The molecular weight excluding hydrogens is 288 g/mol. The normalized spacial score (nSPS) is 18.4. The van der Waals surface area contributed by atoms with Crippen molar-refractivity contribution in [2.75, 3.05) is 32.1 Å². The number of likely N-dealkylation sites (tertiary alicyclic amines) is 1. The van der Waals surface area contributed by atoms with E-state index in [1.165, 1.54) is 6.26 Å². The molecule has 1 aromatic carbocycles. The van der Waals surface area contributed by atoms with Gasteiger partial charge in [-0.15, -0.1) is 0 Å². The van der Waals surface area contributed by atoms with Crippen molar-refractivity contribution in [1.29, 1.82) is 0 Å². The summed E-state index contributed by atoms with van der Waals surface area (Å²) >= 11 is 0. The van der Waals surface area contributed by atoms with Crippen LogP contribution in [-0.4, -0.2) is 49.3 Å². The quantitative estimate of drug-likeness (QED) is 0.904. The van der Waals surface area contributed by atoms with Crippen molar-refractivity contribution in [2.45, 2.75) is 23.8 Å². The minimum Gasteiger partial charge on any atom is -0.369 e. The Morgan fingerprint density at radius 1 is 1.29 bits per heavy atom. The second-order valence-electron chi connectivity index (χ2n) is 5.77. The molecule has 114 valence electrons. The first-order valence-corrected chi connectivity index (χ1v) is 8.92. The first-order valence-electron chi connectivity index (χ1n) is 7.03. The first kappa shape index (κ1) is 14.3. The standard InChI is InChI=1S/C14H20N4O2S/c1-17-8-6-10(7-9-17)18-11-4-3-5-12(21(2,19)20)13(11)16-14(18)15/h3-5,10H,6-9H2,1-2H3,(H2,15,16). The molecule has 21 heavy (non-hydrogen) atoms. The molecule has 2 aromatic rings. The number of hydrogen-bond donors (Lipinski definition) is 1. The van der Waals surface area contributed by atoms with Crippen molar-refractivity contribution in [1.82, 2.24) is 14.5 Å². The van der Waals surface area contributed by atoms with Crippen LogP contribution in [0.3, 0.4) is 0 Å². The first-order chi connectivity index (χ1) is 9.88. The van der Waals surface area contributed by atoms with Gasteiger partial charge in [0, 0.05) is 12.3 Å². The molecular formula is C14H20N4O2S. The van der Waals surface area contributed by atoms with E-state index in [4.69, 9.17) is 5.73 Å². The summed E-state index contributed by atoms with van der Waals surface area (Å²) in [5.41, 5.74) is 7.37. The molecule has 0 amide bonds. The van der Waals surface area contributed by atoms with Crippen molar-refractivity contribution in [3.63, 3.8) is 0 Å². The number of anilines is 1. The van der Waals surface area contributed by atoms with Crippen LogP contribution in [0.1, 0.15) is 18.9 Å². The number of fused-ring (bicyclic) bond motifs is 1. The molecule has 7 heteroatoms. The summed E-state index contributed by atoms with van der Waals surface area (Å²) in [4.78, 5) is 6.86. The summed E-state index contributed by atoms with van der Waals surface area (Å²) in [6.45, 7) is 2.02. The minimum absolute atomic E-state index is 0.248. The van der Waals surface area contributed by atoms with Crippen LogP contribution in [0.15, 0.2) is 23.1 Å². The number of para-hydroxylation sites is 1. The maximum Gasteiger partial charge on any atom is 0.201 e. The Balaban J connectivity index is 2.14. The number of nitrogens with zero attached hydrogens (tertiary/aromatic N) is 3. The highest BCUT2D eigenvalue weighted by Gasteiger charge is 2.24. The van der Waals surface area contributed by atoms with Gasteiger partial charge in [-0.2, -0.15) is 0 Å². The average molecular weight is 308 g/mol. The topological polar surface area (TPSA) is 81.2 Å². The molecule has 1 saturated heterocycles. The lowest BCUT2D eigenvalue weighted by atomic mass is 10.1. The summed E-state index contributed by atoms with van der Waals surface area (Å²) in [7, 11) is -1.21. The van der Waals surface area contributed by atoms with Gasteiger partial charge >= 0.3 is 0 Å². The predicted octanol–water partition coefficient (Wildman–Crippen LogP) is 1.29. The zero-order valence-corrected chi connectivity index (χ0v) is 13.1. The third-order valence-electron chi connectivity index (χ3n) is 4.16. The molecule has 1 aliphatic rings. The summed E-state index contributed by atoms with van der Waals surface area (Å²) in [5.74, 6) is 0.399. The van der Waals surface area contributed by atoms with Crippen LogP contribution in [0.5, 0.6) is 0 Å². The van der Waals surface area contributed by atoms with E-state index in [0.29, 0.717) is 11.5 Å². The van der Waals surface area contributed by atoms with Crippen molar-refractivity contribution >= 4 is 26.8 Å². The molecule has 1 fully saturated rings. The highest BCUT2D eigenvalue weighted by molar-refractivity contribution is 7.91. The summed E-state index contributed by atoms with van der Waals surface area (Å²) in [5, 5.41) is 0. The van der Waals surface area contributed by atoms with Crippen LogP contribution in [0.2, 0.25) is 0 Å². The van der Waals surface area contributed by atoms with Crippen molar-refractivity contribution in [3.05, 3.63) is 18.2 Å². The van der Waals surface area contributed by atoms with Gasteiger partial charge in [-0.05, 0) is 45.1 Å². The Morgan fingerprint density at radius 2 is 1.95 bits per heavy atom.